The fourth-order valence-electron chi connectivity index (χ4n) is 3.09. The molecule has 0 radical (unpaired) electrons. The van der Waals surface area contributed by atoms with Gasteiger partial charge >= 0.3 is 0 Å². The number of aliphatic hydroxyl groups excluding tert-OH is 1. The molecule has 7 heteroatoms. The Morgan fingerprint density at radius 2 is 1.85 bits per heavy atom. The third-order valence-electron chi connectivity index (χ3n) is 4.46. The molecule has 0 saturated heterocycles. The third-order valence-corrected chi connectivity index (χ3v) is 5.19. The lowest BCUT2D eigenvalue weighted by Crippen LogP contribution is -2.31. The van der Waals surface area contributed by atoms with E-state index in [1.54, 1.807) is 56.6 Å². The second kappa shape index (κ2) is 7.71. The maximum absolute atomic E-state index is 12.8. The Morgan fingerprint density at radius 1 is 1.19 bits per heavy atom. The van der Waals surface area contributed by atoms with Gasteiger partial charge in [-0.1, -0.05) is 43.1 Å². The highest BCUT2D eigenvalue weighted by atomic mass is 35.5. The Hall–Kier alpha value is -2.37. The molecule has 1 unspecified atom stereocenters. The lowest BCUT2D eigenvalue weighted by Gasteiger charge is -2.27. The second-order valence-corrected chi connectivity index (χ2v) is 7.46. The van der Waals surface area contributed by atoms with Crippen molar-refractivity contribution in [2.75, 3.05) is 0 Å². The molecule has 1 amide bonds. The number of hydrogen-bond donors (Lipinski definition) is 1. The summed E-state index contributed by atoms with van der Waals surface area (Å²) in [7, 11) is 0. The molecule has 3 rings (SSSR count). The lowest BCUT2D eigenvalue weighted by molar-refractivity contribution is -0.130. The Labute approximate surface area is 167 Å². The molecule has 0 fully saturated rings. The molecule has 1 aromatic heterocycles. The number of rotatable bonds is 5. The molecule has 1 aromatic carbocycles. The highest BCUT2D eigenvalue weighted by molar-refractivity contribution is 6.42. The van der Waals surface area contributed by atoms with Gasteiger partial charge in [-0.05, 0) is 35.4 Å². The van der Waals surface area contributed by atoms with Gasteiger partial charge < -0.3 is 10.0 Å². The van der Waals surface area contributed by atoms with Crippen LogP contribution in [0, 0.1) is 5.92 Å². The summed E-state index contributed by atoms with van der Waals surface area (Å²) >= 11 is 12.2. The van der Waals surface area contributed by atoms with E-state index in [1.165, 1.54) is 4.90 Å². The standard InChI is InChI=1S/C20H18Cl2N2O3/c1-11(2)18(25)16-17(13-3-4-14(21)15(22)9-13)24(20(27)19(16)26)10-12-5-7-23-8-6-12/h3-9,11,17,26H,10H2,1-2H3. The number of hydrogen-bond acceptors (Lipinski definition) is 4. The van der Waals surface area contributed by atoms with Crippen LogP contribution in [-0.2, 0) is 16.1 Å². The SMILES string of the molecule is CC(C)C(=O)C1=C(O)C(=O)N(Cc2ccncc2)C1c1ccc(Cl)c(Cl)c1. The van der Waals surface area contributed by atoms with Crippen molar-refractivity contribution in [3.8, 4) is 0 Å². The van der Waals surface area contributed by atoms with Crippen molar-refractivity contribution in [2.45, 2.75) is 26.4 Å². The summed E-state index contributed by atoms with van der Waals surface area (Å²) in [5, 5.41) is 11.2. The number of aromatic nitrogens is 1. The van der Waals surface area contributed by atoms with Gasteiger partial charge in [0.05, 0.1) is 21.7 Å². The van der Waals surface area contributed by atoms with Crippen molar-refractivity contribution < 1.29 is 14.7 Å². The fraction of sp³-hybridized carbons (Fsp3) is 0.250. The van der Waals surface area contributed by atoms with E-state index < -0.39 is 17.7 Å². The van der Waals surface area contributed by atoms with Crippen molar-refractivity contribution in [3.05, 3.63) is 75.2 Å². The van der Waals surface area contributed by atoms with Crippen molar-refractivity contribution in [2.24, 2.45) is 5.92 Å². The maximum Gasteiger partial charge on any atom is 0.290 e. The van der Waals surface area contributed by atoms with Crippen LogP contribution in [0.4, 0.5) is 0 Å². The molecule has 0 saturated carbocycles. The number of Topliss-reactive ketones (excluding diaryl/α,β-unsaturated/α-hetero) is 1. The topological polar surface area (TPSA) is 70.5 Å². The molecule has 0 aliphatic carbocycles. The van der Waals surface area contributed by atoms with Crippen LogP contribution in [0.2, 0.25) is 10.0 Å². The first kappa shape index (κ1) is 19.4. The zero-order valence-electron chi connectivity index (χ0n) is 14.8. The van der Waals surface area contributed by atoms with Crippen molar-refractivity contribution in [1.82, 2.24) is 9.88 Å². The van der Waals surface area contributed by atoms with E-state index in [2.05, 4.69) is 4.98 Å². The number of carbonyl (C=O) groups excluding carboxylic acids is 2. The normalized spacial score (nSPS) is 17.1. The van der Waals surface area contributed by atoms with Crippen LogP contribution in [0.25, 0.3) is 0 Å². The number of carbonyl (C=O) groups is 2. The molecule has 0 spiro atoms. The van der Waals surface area contributed by atoms with E-state index in [1.807, 2.05) is 0 Å². The molecule has 140 valence electrons. The molecule has 27 heavy (non-hydrogen) atoms. The molecule has 1 atom stereocenters. The summed E-state index contributed by atoms with van der Waals surface area (Å²) < 4.78 is 0. The quantitative estimate of drug-likeness (QED) is 0.795. The molecular weight excluding hydrogens is 387 g/mol. The van der Waals surface area contributed by atoms with Crippen LogP contribution in [0.5, 0.6) is 0 Å². The van der Waals surface area contributed by atoms with E-state index in [0.717, 1.165) is 5.56 Å². The minimum atomic E-state index is -0.740. The minimum absolute atomic E-state index is 0.0856. The van der Waals surface area contributed by atoms with Gasteiger partial charge in [-0.3, -0.25) is 14.6 Å². The first-order valence-corrected chi connectivity index (χ1v) is 9.19. The first-order chi connectivity index (χ1) is 12.8. The largest absolute Gasteiger partial charge is 0.503 e. The Balaban J connectivity index is 2.10. The predicted octanol–water partition coefficient (Wildman–Crippen LogP) is 4.51. The van der Waals surface area contributed by atoms with Gasteiger partial charge in [0, 0.05) is 24.9 Å². The van der Waals surface area contributed by atoms with Crippen LogP contribution < -0.4 is 0 Å². The molecule has 1 aliphatic heterocycles. The van der Waals surface area contributed by atoms with E-state index in [4.69, 9.17) is 23.2 Å². The highest BCUT2D eigenvalue weighted by Gasteiger charge is 2.44. The second-order valence-electron chi connectivity index (χ2n) is 6.65. The number of amides is 1. The summed E-state index contributed by atoms with van der Waals surface area (Å²) in [5.41, 5.74) is 1.52. The summed E-state index contributed by atoms with van der Waals surface area (Å²) in [5.74, 6) is -1.76. The number of ketones is 1. The first-order valence-electron chi connectivity index (χ1n) is 8.43. The molecular formula is C20H18Cl2N2O3. The average molecular weight is 405 g/mol. The zero-order valence-corrected chi connectivity index (χ0v) is 16.3. The number of pyridine rings is 1. The summed E-state index contributed by atoms with van der Waals surface area (Å²) in [6.07, 6.45) is 3.25. The molecule has 2 aromatic rings. The van der Waals surface area contributed by atoms with Gasteiger partial charge in [-0.15, -0.1) is 0 Å². The van der Waals surface area contributed by atoms with Gasteiger partial charge in [-0.2, -0.15) is 0 Å². The van der Waals surface area contributed by atoms with Crippen LogP contribution >= 0.6 is 23.2 Å². The van der Waals surface area contributed by atoms with Crippen LogP contribution in [0.15, 0.2) is 54.1 Å². The van der Waals surface area contributed by atoms with E-state index in [0.29, 0.717) is 15.6 Å². The highest BCUT2D eigenvalue weighted by Crippen LogP contribution is 2.41. The smallest absolute Gasteiger partial charge is 0.290 e. The zero-order chi connectivity index (χ0) is 19.7. The summed E-state index contributed by atoms with van der Waals surface area (Å²) in [6, 6.07) is 7.75. The van der Waals surface area contributed by atoms with Crippen molar-refractivity contribution in [1.29, 1.82) is 0 Å². The Kier molecular flexibility index (Phi) is 5.53. The molecule has 0 bridgehead atoms. The number of nitrogens with zero attached hydrogens (tertiary/aromatic N) is 2. The monoisotopic (exact) mass is 404 g/mol. The predicted molar refractivity (Wildman–Crippen MR) is 103 cm³/mol. The molecule has 2 heterocycles. The van der Waals surface area contributed by atoms with Crippen molar-refractivity contribution in [3.63, 3.8) is 0 Å². The van der Waals surface area contributed by atoms with E-state index >= 15 is 0 Å². The summed E-state index contributed by atoms with van der Waals surface area (Å²) in [6.45, 7) is 3.67. The van der Waals surface area contributed by atoms with Gasteiger partial charge in [-0.25, -0.2) is 0 Å². The average Bonchev–Trinajstić information content (AvgIpc) is 2.89. The van der Waals surface area contributed by atoms with Crippen LogP contribution in [-0.4, -0.2) is 26.7 Å². The fourth-order valence-corrected chi connectivity index (χ4v) is 3.40. The molecule has 1 aliphatic rings. The van der Waals surface area contributed by atoms with Crippen molar-refractivity contribution >= 4 is 34.9 Å². The lowest BCUT2D eigenvalue weighted by atomic mass is 9.91. The molecule has 1 N–H and O–H groups in total. The van der Waals surface area contributed by atoms with Crippen LogP contribution in [0.1, 0.15) is 31.0 Å². The number of benzene rings is 1. The van der Waals surface area contributed by atoms with Gasteiger partial charge in [0.2, 0.25) is 0 Å². The number of aliphatic hydroxyl groups is 1. The van der Waals surface area contributed by atoms with Gasteiger partial charge in [0.1, 0.15) is 0 Å². The Morgan fingerprint density at radius 3 is 2.44 bits per heavy atom. The summed E-state index contributed by atoms with van der Waals surface area (Å²) in [4.78, 5) is 31.0. The van der Waals surface area contributed by atoms with Gasteiger partial charge in [0.15, 0.2) is 11.5 Å². The minimum Gasteiger partial charge on any atom is -0.503 e. The Bertz CT molecular complexity index is 926. The van der Waals surface area contributed by atoms with Gasteiger partial charge in [0.25, 0.3) is 5.91 Å². The van der Waals surface area contributed by atoms with Crippen LogP contribution in [0.3, 0.4) is 0 Å². The maximum atomic E-state index is 12.8. The van der Waals surface area contributed by atoms with E-state index in [-0.39, 0.29) is 23.8 Å². The van der Waals surface area contributed by atoms with E-state index in [9.17, 15) is 14.7 Å². The number of halogens is 2. The molecule has 5 nitrogen and oxygen atoms in total. The third kappa shape index (κ3) is 3.70.